The second-order valence-electron chi connectivity index (χ2n) is 8.36. The molecule has 2 N–H and O–H groups in total. The van der Waals surface area contributed by atoms with Gasteiger partial charge >= 0.3 is 5.97 Å². The van der Waals surface area contributed by atoms with Crippen LogP contribution in [0.2, 0.25) is 0 Å². The molecule has 5 rings (SSSR count). The molecule has 1 amide bonds. The van der Waals surface area contributed by atoms with Crippen LogP contribution in [-0.4, -0.2) is 34.1 Å². The van der Waals surface area contributed by atoms with Crippen LogP contribution in [0.15, 0.2) is 24.3 Å². The summed E-state index contributed by atoms with van der Waals surface area (Å²) in [6.07, 6.45) is 4.35. The van der Waals surface area contributed by atoms with E-state index in [0.717, 1.165) is 19.3 Å². The molecule has 0 spiro atoms. The monoisotopic (exact) mass is 374 g/mol. The predicted octanol–water partition coefficient (Wildman–Crippen LogP) is 2.41. The van der Waals surface area contributed by atoms with Crippen molar-refractivity contribution >= 4 is 23.3 Å². The summed E-state index contributed by atoms with van der Waals surface area (Å²) in [4.78, 5) is 35.3. The van der Waals surface area contributed by atoms with Gasteiger partial charge in [-0.05, 0) is 56.4 Å². The van der Waals surface area contributed by atoms with Crippen molar-refractivity contribution in [1.82, 2.24) is 0 Å². The zero-order valence-electron chi connectivity index (χ0n) is 14.8. The number of nitro benzene ring substituents is 1. The van der Waals surface area contributed by atoms with E-state index in [1.54, 1.807) is 6.07 Å². The van der Waals surface area contributed by atoms with Crippen molar-refractivity contribution in [2.45, 2.75) is 44.1 Å². The van der Waals surface area contributed by atoms with Crippen LogP contribution in [0, 0.1) is 27.4 Å². The van der Waals surface area contributed by atoms with Gasteiger partial charge in [0.1, 0.15) is 5.69 Å². The van der Waals surface area contributed by atoms with E-state index in [4.69, 9.17) is 4.74 Å². The van der Waals surface area contributed by atoms with E-state index >= 15 is 0 Å². The lowest BCUT2D eigenvalue weighted by molar-refractivity contribution is -0.383. The van der Waals surface area contributed by atoms with E-state index in [1.165, 1.54) is 18.2 Å². The maximum Gasteiger partial charge on any atom is 0.312 e. The van der Waals surface area contributed by atoms with Crippen LogP contribution in [0.4, 0.5) is 11.4 Å². The fraction of sp³-hybridized carbons (Fsp3) is 0.579. The summed E-state index contributed by atoms with van der Waals surface area (Å²) in [6, 6.07) is 5.79. The van der Waals surface area contributed by atoms with Crippen molar-refractivity contribution < 1.29 is 24.4 Å². The molecule has 27 heavy (non-hydrogen) atoms. The first kappa shape index (κ1) is 17.9. The Hall–Kier alpha value is -2.48. The largest absolute Gasteiger partial charge is 0.455 e. The Morgan fingerprint density at radius 3 is 2.52 bits per heavy atom. The number of amides is 1. The van der Waals surface area contributed by atoms with Gasteiger partial charge in [0.05, 0.1) is 15.9 Å². The molecule has 0 aromatic heterocycles. The van der Waals surface area contributed by atoms with Gasteiger partial charge in [-0.25, -0.2) is 0 Å². The number of carbonyl (C=O) groups excluding carboxylic acids is 2. The van der Waals surface area contributed by atoms with E-state index in [1.807, 2.05) is 0 Å². The zero-order valence-corrected chi connectivity index (χ0v) is 14.8. The van der Waals surface area contributed by atoms with Crippen LogP contribution in [0.3, 0.4) is 0 Å². The summed E-state index contributed by atoms with van der Waals surface area (Å²) in [5, 5.41) is 24.1. The SMILES string of the molecule is O=C(COC(=O)C12CC3CC(CC(O)(C3)C1)C2)Nc1ccccc1[N+](=O)[O-]. The standard InChI is InChI=1S/C19H22N2O6/c22-16(20-14-3-1-2-4-15(14)21(25)26)10-27-17(23)18-6-12-5-13(7-18)9-19(24,8-12)11-18/h1-4,12-13,24H,5-11H2,(H,20,22). The number of nitrogens with one attached hydrogen (secondary N) is 1. The van der Waals surface area contributed by atoms with Crippen LogP contribution >= 0.6 is 0 Å². The lowest BCUT2D eigenvalue weighted by Gasteiger charge is -2.58. The molecule has 4 aliphatic carbocycles. The van der Waals surface area contributed by atoms with Crippen LogP contribution < -0.4 is 5.32 Å². The van der Waals surface area contributed by atoms with E-state index in [0.29, 0.717) is 31.1 Å². The average Bonchev–Trinajstić information content (AvgIpc) is 2.57. The highest BCUT2D eigenvalue weighted by Crippen LogP contribution is 2.61. The molecular formula is C19H22N2O6. The number of rotatable bonds is 5. The molecular weight excluding hydrogens is 352 g/mol. The highest BCUT2D eigenvalue weighted by atomic mass is 16.6. The van der Waals surface area contributed by atoms with Crippen molar-refractivity contribution in [2.75, 3.05) is 11.9 Å². The van der Waals surface area contributed by atoms with Gasteiger partial charge in [-0.15, -0.1) is 0 Å². The van der Waals surface area contributed by atoms with Crippen molar-refractivity contribution in [3.05, 3.63) is 34.4 Å². The number of aliphatic hydroxyl groups is 1. The third-order valence-electron chi connectivity index (χ3n) is 6.17. The van der Waals surface area contributed by atoms with Gasteiger partial charge in [0.2, 0.25) is 0 Å². The molecule has 4 bridgehead atoms. The maximum absolute atomic E-state index is 12.7. The van der Waals surface area contributed by atoms with Crippen LogP contribution in [0.5, 0.6) is 0 Å². The molecule has 144 valence electrons. The Bertz CT molecular complexity index is 793. The molecule has 8 heteroatoms. The third-order valence-corrected chi connectivity index (χ3v) is 6.17. The highest BCUT2D eigenvalue weighted by Gasteiger charge is 2.60. The summed E-state index contributed by atoms with van der Waals surface area (Å²) in [5.41, 5.74) is -1.64. The Balaban J connectivity index is 1.39. The number of anilines is 1. The Morgan fingerprint density at radius 1 is 1.22 bits per heavy atom. The Labute approximate surface area is 156 Å². The van der Waals surface area contributed by atoms with E-state index < -0.39 is 34.4 Å². The van der Waals surface area contributed by atoms with Gasteiger partial charge in [0, 0.05) is 6.07 Å². The molecule has 4 aliphatic rings. The Morgan fingerprint density at radius 2 is 1.89 bits per heavy atom. The maximum atomic E-state index is 12.7. The minimum absolute atomic E-state index is 0.0627. The van der Waals surface area contributed by atoms with E-state index in [2.05, 4.69) is 5.32 Å². The van der Waals surface area contributed by atoms with E-state index in [-0.39, 0.29) is 11.4 Å². The summed E-state index contributed by atoms with van der Waals surface area (Å²) in [7, 11) is 0. The summed E-state index contributed by atoms with van der Waals surface area (Å²) in [6.45, 7) is -0.500. The van der Waals surface area contributed by atoms with Crippen molar-refractivity contribution in [3.8, 4) is 0 Å². The topological polar surface area (TPSA) is 119 Å². The number of ether oxygens (including phenoxy) is 1. The second kappa shape index (κ2) is 6.30. The lowest BCUT2D eigenvalue weighted by Crippen LogP contribution is -2.58. The fourth-order valence-corrected chi connectivity index (χ4v) is 5.66. The van der Waals surface area contributed by atoms with Gasteiger partial charge < -0.3 is 15.2 Å². The molecule has 1 aromatic carbocycles. The average molecular weight is 374 g/mol. The van der Waals surface area contributed by atoms with Crippen LogP contribution in [0.25, 0.3) is 0 Å². The van der Waals surface area contributed by atoms with Gasteiger partial charge in [-0.1, -0.05) is 12.1 Å². The summed E-state index contributed by atoms with van der Waals surface area (Å²) < 4.78 is 5.27. The minimum Gasteiger partial charge on any atom is -0.455 e. The number of carbonyl (C=O) groups is 2. The van der Waals surface area contributed by atoms with E-state index in [9.17, 15) is 24.8 Å². The molecule has 0 heterocycles. The molecule has 4 saturated carbocycles. The molecule has 0 saturated heterocycles. The number of benzene rings is 1. The van der Waals surface area contributed by atoms with Crippen molar-refractivity contribution in [2.24, 2.45) is 17.3 Å². The molecule has 0 aliphatic heterocycles. The smallest absolute Gasteiger partial charge is 0.312 e. The van der Waals surface area contributed by atoms with Crippen LogP contribution in [0.1, 0.15) is 38.5 Å². The number of esters is 1. The fourth-order valence-electron chi connectivity index (χ4n) is 5.66. The van der Waals surface area contributed by atoms with Crippen molar-refractivity contribution in [3.63, 3.8) is 0 Å². The normalized spacial score (nSPS) is 33.5. The molecule has 8 nitrogen and oxygen atoms in total. The number of nitro groups is 1. The minimum atomic E-state index is -0.782. The molecule has 2 atom stereocenters. The second-order valence-corrected chi connectivity index (χ2v) is 8.36. The van der Waals surface area contributed by atoms with Gasteiger partial charge in [-0.3, -0.25) is 19.7 Å². The van der Waals surface area contributed by atoms with Crippen LogP contribution in [-0.2, 0) is 14.3 Å². The number of hydrogen-bond acceptors (Lipinski definition) is 6. The zero-order chi connectivity index (χ0) is 19.2. The first-order chi connectivity index (χ1) is 12.8. The summed E-state index contributed by atoms with van der Waals surface area (Å²) in [5.74, 6) is -0.386. The first-order valence-electron chi connectivity index (χ1n) is 9.22. The quantitative estimate of drug-likeness (QED) is 0.464. The highest BCUT2D eigenvalue weighted by molar-refractivity contribution is 5.95. The molecule has 1 aromatic rings. The van der Waals surface area contributed by atoms with Gasteiger partial charge in [-0.2, -0.15) is 0 Å². The number of para-hydroxylation sites is 2. The van der Waals surface area contributed by atoms with Gasteiger partial charge in [0.25, 0.3) is 11.6 Å². The van der Waals surface area contributed by atoms with Crippen molar-refractivity contribution in [1.29, 1.82) is 0 Å². The number of hydrogen-bond donors (Lipinski definition) is 2. The predicted molar refractivity (Wildman–Crippen MR) is 94.7 cm³/mol. The molecule has 2 unspecified atom stereocenters. The third kappa shape index (κ3) is 3.29. The molecule has 0 radical (unpaired) electrons. The Kier molecular flexibility index (Phi) is 4.18. The molecule has 4 fully saturated rings. The summed E-state index contributed by atoms with van der Waals surface area (Å²) >= 11 is 0. The van der Waals surface area contributed by atoms with Gasteiger partial charge in [0.15, 0.2) is 6.61 Å². The first-order valence-corrected chi connectivity index (χ1v) is 9.22. The lowest BCUT2D eigenvalue weighted by atomic mass is 9.48. The number of nitrogens with zero attached hydrogens (tertiary/aromatic N) is 1.